The van der Waals surface area contributed by atoms with E-state index in [1.807, 2.05) is 20.8 Å². The molecular formula is C13H17ClFNO4S. The van der Waals surface area contributed by atoms with Gasteiger partial charge in [-0.3, -0.25) is 4.79 Å². The van der Waals surface area contributed by atoms with E-state index >= 15 is 0 Å². The molecular weight excluding hydrogens is 321 g/mol. The highest BCUT2D eigenvalue weighted by Gasteiger charge is 2.19. The zero-order valence-corrected chi connectivity index (χ0v) is 13.5. The molecule has 0 fully saturated rings. The second kappa shape index (κ2) is 6.62. The molecule has 0 aliphatic heterocycles. The van der Waals surface area contributed by atoms with Gasteiger partial charge >= 0.3 is 0 Å². The van der Waals surface area contributed by atoms with Crippen LogP contribution < -0.4 is 10.1 Å². The van der Waals surface area contributed by atoms with Gasteiger partial charge in [-0.05, 0) is 38.5 Å². The predicted octanol–water partition coefficient (Wildman–Crippen LogP) is 2.44. The van der Waals surface area contributed by atoms with Crippen LogP contribution in [0, 0.1) is 5.82 Å². The number of nitrogens with one attached hydrogen (secondary N) is 1. The summed E-state index contributed by atoms with van der Waals surface area (Å²) in [5, 5.41) is 2.73. The molecule has 0 aliphatic carbocycles. The standard InChI is InChI=1S/C13H17ClFNO4S/c1-4-13(2,3)16-12(17)8-20-11-6-5-9(7-10(11)15)21(14,18)19/h5-7H,4,8H2,1-3H3,(H,16,17). The van der Waals surface area contributed by atoms with Gasteiger partial charge in [0.25, 0.3) is 15.0 Å². The van der Waals surface area contributed by atoms with Crippen molar-refractivity contribution in [1.29, 1.82) is 0 Å². The molecule has 1 amide bonds. The molecule has 5 nitrogen and oxygen atoms in total. The van der Waals surface area contributed by atoms with Gasteiger partial charge in [-0.2, -0.15) is 0 Å². The fourth-order valence-corrected chi connectivity index (χ4v) is 2.16. The van der Waals surface area contributed by atoms with Crippen molar-refractivity contribution in [3.8, 4) is 5.75 Å². The quantitative estimate of drug-likeness (QED) is 0.809. The normalized spacial score (nSPS) is 12.0. The van der Waals surface area contributed by atoms with Crippen LogP contribution in [0.25, 0.3) is 0 Å². The molecule has 0 saturated heterocycles. The molecule has 0 aromatic heterocycles. The number of halogens is 2. The Balaban J connectivity index is 2.71. The van der Waals surface area contributed by atoms with E-state index in [0.717, 1.165) is 24.6 Å². The van der Waals surface area contributed by atoms with Gasteiger partial charge in [-0.1, -0.05) is 6.92 Å². The fraction of sp³-hybridized carbons (Fsp3) is 0.462. The molecule has 8 heteroatoms. The third-order valence-electron chi connectivity index (χ3n) is 2.91. The van der Waals surface area contributed by atoms with Crippen LogP contribution in [0.4, 0.5) is 4.39 Å². The lowest BCUT2D eigenvalue weighted by atomic mass is 10.0. The fourth-order valence-electron chi connectivity index (χ4n) is 1.40. The first-order valence-electron chi connectivity index (χ1n) is 6.23. The van der Waals surface area contributed by atoms with Crippen LogP contribution >= 0.6 is 10.7 Å². The smallest absolute Gasteiger partial charge is 0.261 e. The molecule has 0 aliphatic rings. The van der Waals surface area contributed by atoms with E-state index in [1.165, 1.54) is 0 Å². The van der Waals surface area contributed by atoms with Gasteiger partial charge in [-0.15, -0.1) is 0 Å². The molecule has 0 bridgehead atoms. The maximum atomic E-state index is 13.7. The first kappa shape index (κ1) is 17.7. The topological polar surface area (TPSA) is 72.5 Å². The molecule has 1 N–H and O–H groups in total. The number of rotatable bonds is 6. The third kappa shape index (κ3) is 5.51. The van der Waals surface area contributed by atoms with E-state index in [1.54, 1.807) is 0 Å². The van der Waals surface area contributed by atoms with Crippen LogP contribution in [0.15, 0.2) is 23.1 Å². The van der Waals surface area contributed by atoms with Crippen LogP contribution in [0.3, 0.4) is 0 Å². The number of benzene rings is 1. The van der Waals surface area contributed by atoms with E-state index < -0.39 is 20.8 Å². The minimum Gasteiger partial charge on any atom is -0.481 e. The second-order valence-corrected chi connectivity index (χ2v) is 7.67. The number of amides is 1. The summed E-state index contributed by atoms with van der Waals surface area (Å²) in [5.41, 5.74) is -0.379. The lowest BCUT2D eigenvalue weighted by Gasteiger charge is -2.24. The largest absolute Gasteiger partial charge is 0.481 e. The number of carbonyl (C=O) groups is 1. The first-order valence-corrected chi connectivity index (χ1v) is 8.54. The summed E-state index contributed by atoms with van der Waals surface area (Å²) in [6.45, 7) is 5.26. The predicted molar refractivity (Wildman–Crippen MR) is 77.4 cm³/mol. The van der Waals surface area contributed by atoms with Crippen molar-refractivity contribution in [2.45, 2.75) is 37.6 Å². The minimum atomic E-state index is -4.00. The summed E-state index contributed by atoms with van der Waals surface area (Å²) < 4.78 is 40.8. The Labute approximate surface area is 127 Å². The maximum Gasteiger partial charge on any atom is 0.261 e. The average Bonchev–Trinajstić information content (AvgIpc) is 2.35. The first-order chi connectivity index (χ1) is 9.55. The Morgan fingerprint density at radius 2 is 2.05 bits per heavy atom. The SMILES string of the molecule is CCC(C)(C)NC(=O)COc1ccc(S(=O)(=O)Cl)cc1F. The van der Waals surface area contributed by atoms with Gasteiger partial charge in [-0.25, -0.2) is 12.8 Å². The molecule has 0 atom stereocenters. The van der Waals surface area contributed by atoms with Crippen molar-refractivity contribution in [1.82, 2.24) is 5.32 Å². The number of carbonyl (C=O) groups excluding carboxylic acids is 1. The zero-order valence-electron chi connectivity index (χ0n) is 11.9. The summed E-state index contributed by atoms with van der Waals surface area (Å²) in [6.07, 6.45) is 0.732. The van der Waals surface area contributed by atoms with Crippen LogP contribution in [0.5, 0.6) is 5.75 Å². The Kier molecular flexibility index (Phi) is 5.58. The van der Waals surface area contributed by atoms with Gasteiger partial charge in [0.05, 0.1) is 4.90 Å². The van der Waals surface area contributed by atoms with Gasteiger partial charge in [0, 0.05) is 16.2 Å². The van der Waals surface area contributed by atoms with Gasteiger partial charge < -0.3 is 10.1 Å². The molecule has 0 radical (unpaired) electrons. The van der Waals surface area contributed by atoms with E-state index in [9.17, 15) is 17.6 Å². The highest BCUT2D eigenvalue weighted by atomic mass is 35.7. The summed E-state index contributed by atoms with van der Waals surface area (Å²) in [7, 11) is 1.10. The number of ether oxygens (including phenoxy) is 1. The highest BCUT2D eigenvalue weighted by Crippen LogP contribution is 2.23. The minimum absolute atomic E-state index is 0.219. The van der Waals surface area contributed by atoms with Crippen molar-refractivity contribution in [2.75, 3.05) is 6.61 Å². The molecule has 0 heterocycles. The van der Waals surface area contributed by atoms with Crippen LogP contribution in [0.2, 0.25) is 0 Å². The van der Waals surface area contributed by atoms with Gasteiger partial charge in [0.15, 0.2) is 18.2 Å². The van der Waals surface area contributed by atoms with Crippen LogP contribution in [-0.2, 0) is 13.8 Å². The Bertz CT molecular complexity index is 631. The zero-order chi connectivity index (χ0) is 16.3. The molecule has 0 saturated carbocycles. The van der Waals surface area contributed by atoms with Gasteiger partial charge in [0.2, 0.25) is 0 Å². The average molecular weight is 338 g/mol. The second-order valence-electron chi connectivity index (χ2n) is 5.10. The van der Waals surface area contributed by atoms with Crippen molar-refractivity contribution < 1.29 is 22.3 Å². The molecule has 1 aromatic carbocycles. The lowest BCUT2D eigenvalue weighted by Crippen LogP contribution is -2.44. The van der Waals surface area contributed by atoms with E-state index in [0.29, 0.717) is 0 Å². The Morgan fingerprint density at radius 1 is 1.43 bits per heavy atom. The lowest BCUT2D eigenvalue weighted by molar-refractivity contribution is -0.124. The molecule has 21 heavy (non-hydrogen) atoms. The van der Waals surface area contributed by atoms with E-state index in [2.05, 4.69) is 5.32 Å². The van der Waals surface area contributed by atoms with E-state index in [4.69, 9.17) is 15.4 Å². The number of hydrogen-bond donors (Lipinski definition) is 1. The summed E-state index contributed by atoms with van der Waals surface area (Å²) in [5.74, 6) is -1.52. The summed E-state index contributed by atoms with van der Waals surface area (Å²) >= 11 is 0. The van der Waals surface area contributed by atoms with Crippen LogP contribution in [-0.4, -0.2) is 26.5 Å². The molecule has 118 valence electrons. The molecule has 1 rings (SSSR count). The molecule has 0 unspecified atom stereocenters. The highest BCUT2D eigenvalue weighted by molar-refractivity contribution is 8.13. The monoisotopic (exact) mass is 337 g/mol. The summed E-state index contributed by atoms with van der Waals surface area (Å²) in [4.78, 5) is 11.3. The van der Waals surface area contributed by atoms with Crippen molar-refractivity contribution in [3.63, 3.8) is 0 Å². The molecule has 0 spiro atoms. The Morgan fingerprint density at radius 3 is 2.52 bits per heavy atom. The molecule has 1 aromatic rings. The van der Waals surface area contributed by atoms with Crippen molar-refractivity contribution >= 4 is 25.6 Å². The van der Waals surface area contributed by atoms with Gasteiger partial charge in [0.1, 0.15) is 0 Å². The van der Waals surface area contributed by atoms with Crippen molar-refractivity contribution in [2.24, 2.45) is 0 Å². The Hall–Kier alpha value is -1.34. The van der Waals surface area contributed by atoms with Crippen LogP contribution in [0.1, 0.15) is 27.2 Å². The third-order valence-corrected chi connectivity index (χ3v) is 4.26. The summed E-state index contributed by atoms with van der Waals surface area (Å²) in [6, 6.07) is 2.96. The number of hydrogen-bond acceptors (Lipinski definition) is 4. The maximum absolute atomic E-state index is 13.7. The van der Waals surface area contributed by atoms with Crippen molar-refractivity contribution in [3.05, 3.63) is 24.0 Å². The van der Waals surface area contributed by atoms with E-state index in [-0.39, 0.29) is 22.8 Å².